The lowest BCUT2D eigenvalue weighted by Crippen LogP contribution is -2.27. The van der Waals surface area contributed by atoms with E-state index in [0.717, 1.165) is 5.56 Å². The minimum Gasteiger partial charge on any atom is -0.496 e. The number of methoxy groups -OCH3 is 1. The van der Waals surface area contributed by atoms with E-state index in [0.29, 0.717) is 16.9 Å². The smallest absolute Gasteiger partial charge is 0.255 e. The summed E-state index contributed by atoms with van der Waals surface area (Å²) in [6, 6.07) is 12.0. The Morgan fingerprint density at radius 2 is 2.04 bits per heavy atom. The van der Waals surface area contributed by atoms with Crippen molar-refractivity contribution in [3.63, 3.8) is 0 Å². The second-order valence-electron chi connectivity index (χ2n) is 5.63. The number of hydrogen-bond acceptors (Lipinski definition) is 3. The number of carbonyl (C=O) groups is 1. The van der Waals surface area contributed by atoms with Gasteiger partial charge in [0.05, 0.1) is 24.9 Å². The molecule has 0 saturated carbocycles. The second kappa shape index (κ2) is 7.17. The highest BCUT2D eigenvalue weighted by molar-refractivity contribution is 5.98. The van der Waals surface area contributed by atoms with Crippen LogP contribution in [-0.4, -0.2) is 23.2 Å². The molecule has 128 valence electrons. The fourth-order valence-electron chi connectivity index (χ4n) is 2.62. The van der Waals surface area contributed by atoms with Crippen molar-refractivity contribution in [2.45, 2.75) is 13.0 Å². The number of aromatic nitrogens is 2. The molecule has 5 nitrogen and oxygen atoms in total. The van der Waals surface area contributed by atoms with E-state index in [1.165, 1.54) is 25.4 Å². The largest absolute Gasteiger partial charge is 0.496 e. The van der Waals surface area contributed by atoms with Crippen LogP contribution in [-0.2, 0) is 0 Å². The van der Waals surface area contributed by atoms with Gasteiger partial charge in [-0.2, -0.15) is 5.10 Å². The van der Waals surface area contributed by atoms with Crippen LogP contribution in [0.3, 0.4) is 0 Å². The van der Waals surface area contributed by atoms with Crippen molar-refractivity contribution in [3.05, 3.63) is 71.8 Å². The van der Waals surface area contributed by atoms with E-state index in [9.17, 15) is 9.18 Å². The molecule has 1 aromatic heterocycles. The van der Waals surface area contributed by atoms with Crippen LogP contribution in [0.15, 0.2) is 54.9 Å². The van der Waals surface area contributed by atoms with Crippen LogP contribution < -0.4 is 10.1 Å². The molecule has 25 heavy (non-hydrogen) atoms. The minimum absolute atomic E-state index is 0.148. The Bertz CT molecular complexity index is 864. The topological polar surface area (TPSA) is 67.0 Å². The Morgan fingerprint density at radius 1 is 1.28 bits per heavy atom. The first-order chi connectivity index (χ1) is 12.1. The first-order valence-corrected chi connectivity index (χ1v) is 7.82. The summed E-state index contributed by atoms with van der Waals surface area (Å²) in [7, 11) is 1.45. The van der Waals surface area contributed by atoms with Gasteiger partial charge in [0.25, 0.3) is 5.91 Å². The van der Waals surface area contributed by atoms with E-state index >= 15 is 0 Å². The molecule has 0 spiro atoms. The lowest BCUT2D eigenvalue weighted by atomic mass is 10.0. The van der Waals surface area contributed by atoms with E-state index in [1.54, 1.807) is 6.20 Å². The number of amides is 1. The molecule has 1 heterocycles. The van der Waals surface area contributed by atoms with Gasteiger partial charge in [0, 0.05) is 17.3 Å². The van der Waals surface area contributed by atoms with Gasteiger partial charge in [-0.3, -0.25) is 9.89 Å². The van der Waals surface area contributed by atoms with E-state index in [-0.39, 0.29) is 11.6 Å². The molecule has 0 aliphatic heterocycles. The van der Waals surface area contributed by atoms with E-state index in [1.807, 2.05) is 37.3 Å². The Labute approximate surface area is 144 Å². The molecule has 1 amide bonds. The predicted octanol–water partition coefficient (Wildman–Crippen LogP) is 3.72. The van der Waals surface area contributed by atoms with Crippen LogP contribution in [0.5, 0.6) is 5.75 Å². The third kappa shape index (κ3) is 3.52. The van der Waals surface area contributed by atoms with Crippen LogP contribution in [0.1, 0.15) is 28.9 Å². The zero-order valence-corrected chi connectivity index (χ0v) is 13.9. The summed E-state index contributed by atoms with van der Waals surface area (Å²) in [5.41, 5.74) is 2.01. The van der Waals surface area contributed by atoms with Crippen molar-refractivity contribution in [2.24, 2.45) is 0 Å². The number of nitrogens with one attached hydrogen (secondary N) is 2. The summed E-state index contributed by atoms with van der Waals surface area (Å²) in [5.74, 6) is -0.610. The molecule has 0 saturated heterocycles. The summed E-state index contributed by atoms with van der Waals surface area (Å²) in [6.45, 7) is 1.87. The molecule has 0 unspecified atom stereocenters. The number of halogens is 1. The van der Waals surface area contributed by atoms with Crippen molar-refractivity contribution < 1.29 is 13.9 Å². The average molecular weight is 339 g/mol. The normalized spacial score (nSPS) is 11.8. The summed E-state index contributed by atoms with van der Waals surface area (Å²) >= 11 is 0. The van der Waals surface area contributed by atoms with E-state index < -0.39 is 11.7 Å². The maximum absolute atomic E-state index is 14.5. The third-order valence-electron chi connectivity index (χ3n) is 3.99. The molecule has 0 aliphatic rings. The van der Waals surface area contributed by atoms with Gasteiger partial charge in [-0.1, -0.05) is 30.3 Å². The number of aromatic amines is 1. The second-order valence-corrected chi connectivity index (χ2v) is 5.63. The molecule has 3 aromatic rings. The molecule has 0 bridgehead atoms. The first kappa shape index (κ1) is 16.7. The molecule has 0 fully saturated rings. The van der Waals surface area contributed by atoms with Crippen molar-refractivity contribution in [2.75, 3.05) is 7.11 Å². The summed E-state index contributed by atoms with van der Waals surface area (Å²) in [6.07, 6.45) is 3.09. The molecule has 6 heteroatoms. The molecular formula is C19H18FN3O2. The highest BCUT2D eigenvalue weighted by Gasteiger charge is 2.19. The predicted molar refractivity (Wildman–Crippen MR) is 92.9 cm³/mol. The minimum atomic E-state index is -0.514. The van der Waals surface area contributed by atoms with Gasteiger partial charge in [-0.05, 0) is 24.6 Å². The Morgan fingerprint density at radius 3 is 2.68 bits per heavy atom. The maximum atomic E-state index is 14.5. The highest BCUT2D eigenvalue weighted by atomic mass is 19.1. The standard InChI is InChI=1S/C19H18FN3O2/c1-12(13-6-4-3-5-7-13)23-19(24)16-8-17(20)15(9-18(16)25-2)14-10-21-22-11-14/h3-12H,1-2H3,(H,21,22)(H,23,24)/t12-/m1/s1. The Balaban J connectivity index is 1.88. The monoisotopic (exact) mass is 339 g/mol. The van der Waals surface area contributed by atoms with Gasteiger partial charge in [0.1, 0.15) is 11.6 Å². The van der Waals surface area contributed by atoms with Gasteiger partial charge in [0.15, 0.2) is 0 Å². The number of hydrogen-bond donors (Lipinski definition) is 2. The Hall–Kier alpha value is -3.15. The van der Waals surface area contributed by atoms with Gasteiger partial charge >= 0.3 is 0 Å². The Kier molecular flexibility index (Phi) is 4.79. The van der Waals surface area contributed by atoms with Crippen LogP contribution in [0.2, 0.25) is 0 Å². The zero-order valence-electron chi connectivity index (χ0n) is 13.9. The van der Waals surface area contributed by atoms with E-state index in [4.69, 9.17) is 4.74 Å². The van der Waals surface area contributed by atoms with Gasteiger partial charge in [-0.25, -0.2) is 4.39 Å². The molecular weight excluding hydrogens is 321 g/mol. The van der Waals surface area contributed by atoms with Crippen molar-refractivity contribution in [1.82, 2.24) is 15.5 Å². The summed E-state index contributed by atoms with van der Waals surface area (Å²) in [5, 5.41) is 9.32. The van der Waals surface area contributed by atoms with Crippen molar-refractivity contribution in [1.29, 1.82) is 0 Å². The van der Waals surface area contributed by atoms with Crippen molar-refractivity contribution >= 4 is 5.91 Å². The van der Waals surface area contributed by atoms with Gasteiger partial charge in [0.2, 0.25) is 0 Å². The first-order valence-electron chi connectivity index (χ1n) is 7.82. The SMILES string of the molecule is COc1cc(-c2cn[nH]c2)c(F)cc1C(=O)N[C@H](C)c1ccccc1. The quantitative estimate of drug-likeness (QED) is 0.744. The lowest BCUT2D eigenvalue weighted by molar-refractivity contribution is 0.0936. The zero-order chi connectivity index (χ0) is 17.8. The average Bonchev–Trinajstić information content (AvgIpc) is 3.16. The molecule has 0 aliphatic carbocycles. The van der Waals surface area contributed by atoms with Crippen LogP contribution in [0.25, 0.3) is 11.1 Å². The summed E-state index contributed by atoms with van der Waals surface area (Å²) < 4.78 is 19.8. The molecule has 3 rings (SSSR count). The number of ether oxygens (including phenoxy) is 1. The molecule has 0 radical (unpaired) electrons. The van der Waals surface area contributed by atoms with Gasteiger partial charge < -0.3 is 10.1 Å². The molecule has 2 aromatic carbocycles. The van der Waals surface area contributed by atoms with E-state index in [2.05, 4.69) is 15.5 Å². The number of rotatable bonds is 5. The molecule has 2 N–H and O–H groups in total. The lowest BCUT2D eigenvalue weighted by Gasteiger charge is -2.16. The van der Waals surface area contributed by atoms with Gasteiger partial charge in [-0.15, -0.1) is 0 Å². The number of carbonyl (C=O) groups excluding carboxylic acids is 1. The van der Waals surface area contributed by atoms with Crippen molar-refractivity contribution in [3.8, 4) is 16.9 Å². The summed E-state index contributed by atoms with van der Waals surface area (Å²) in [4.78, 5) is 12.6. The third-order valence-corrected chi connectivity index (χ3v) is 3.99. The fraction of sp³-hybridized carbons (Fsp3) is 0.158. The number of benzene rings is 2. The van der Waals surface area contributed by atoms with Crippen LogP contribution >= 0.6 is 0 Å². The van der Waals surface area contributed by atoms with Crippen LogP contribution in [0, 0.1) is 5.82 Å². The number of nitrogens with zero attached hydrogens (tertiary/aromatic N) is 1. The van der Waals surface area contributed by atoms with Crippen LogP contribution in [0.4, 0.5) is 4.39 Å². The number of H-pyrrole nitrogens is 1. The highest BCUT2D eigenvalue weighted by Crippen LogP contribution is 2.30. The fourth-order valence-corrected chi connectivity index (χ4v) is 2.62. The maximum Gasteiger partial charge on any atom is 0.255 e. The molecule has 1 atom stereocenters.